The summed E-state index contributed by atoms with van der Waals surface area (Å²) in [6, 6.07) is 23.8. The molecule has 2 amide bonds. The molecule has 18 heteroatoms. The monoisotopic (exact) mass is 776 g/mol. The Hall–Kier alpha value is -5.82. The summed E-state index contributed by atoms with van der Waals surface area (Å²) in [5.41, 5.74) is 2.08. The second-order valence-corrected chi connectivity index (χ2v) is 15.8. The first kappa shape index (κ1) is 36.0. The van der Waals surface area contributed by atoms with Crippen molar-refractivity contribution in [3.05, 3.63) is 119 Å². The predicted octanol–water partition coefficient (Wildman–Crippen LogP) is 6.39. The number of carbonyl (C=O) groups is 2. The van der Waals surface area contributed by atoms with Crippen LogP contribution in [-0.2, 0) is 20.0 Å². The molecule has 52 heavy (non-hydrogen) atoms. The van der Waals surface area contributed by atoms with Crippen molar-refractivity contribution >= 4 is 76.2 Å². The molecule has 0 saturated carbocycles. The van der Waals surface area contributed by atoms with Gasteiger partial charge in [-0.2, -0.15) is 0 Å². The molecule has 14 nitrogen and oxygen atoms in total. The first-order chi connectivity index (χ1) is 24.9. The number of thiazole rings is 2. The molecule has 0 saturated heterocycles. The lowest BCUT2D eigenvalue weighted by atomic mass is 10.2. The summed E-state index contributed by atoms with van der Waals surface area (Å²) in [5.74, 6) is 0.161. The van der Waals surface area contributed by atoms with E-state index in [-0.39, 0.29) is 32.3 Å². The fourth-order valence-corrected chi connectivity index (χ4v) is 8.07. The molecular formula is C34H28N6O8S4. The van der Waals surface area contributed by atoms with Crippen molar-refractivity contribution in [3.8, 4) is 22.9 Å². The summed E-state index contributed by atoms with van der Waals surface area (Å²) in [6.07, 6.45) is 0. The molecule has 0 fully saturated rings. The second kappa shape index (κ2) is 15.2. The third kappa shape index (κ3) is 8.55. The summed E-state index contributed by atoms with van der Waals surface area (Å²) in [4.78, 5) is 34.7. The van der Waals surface area contributed by atoms with Gasteiger partial charge in [-0.15, -0.1) is 22.7 Å². The zero-order valence-corrected chi connectivity index (χ0v) is 30.5. The topological polar surface area (TPSA) is 195 Å². The largest absolute Gasteiger partial charge is 0.497 e. The van der Waals surface area contributed by atoms with E-state index in [0.29, 0.717) is 33.1 Å². The van der Waals surface area contributed by atoms with Gasteiger partial charge in [-0.1, -0.05) is 0 Å². The van der Waals surface area contributed by atoms with E-state index in [4.69, 9.17) is 9.47 Å². The average molecular weight is 777 g/mol. The molecule has 4 N–H and O–H groups in total. The highest BCUT2D eigenvalue weighted by Crippen LogP contribution is 2.29. The summed E-state index contributed by atoms with van der Waals surface area (Å²) >= 11 is 2.37. The van der Waals surface area contributed by atoms with Crippen molar-refractivity contribution in [2.24, 2.45) is 0 Å². The SMILES string of the molecule is COc1ccc(S(=O)(=O)Nc2ccc(C(=O)Nc3nc(-c4csc(NC(=O)c5ccc(NS(=O)(=O)c6ccc(OC)cc6)cc5)n4)cs3)cc2)cc1. The van der Waals surface area contributed by atoms with Crippen LogP contribution in [0.3, 0.4) is 0 Å². The number of hydrogen-bond acceptors (Lipinski definition) is 12. The van der Waals surface area contributed by atoms with Crippen molar-refractivity contribution in [2.45, 2.75) is 9.79 Å². The van der Waals surface area contributed by atoms with Gasteiger partial charge in [-0.25, -0.2) is 26.8 Å². The molecule has 2 heterocycles. The minimum Gasteiger partial charge on any atom is -0.497 e. The van der Waals surface area contributed by atoms with Gasteiger partial charge in [0.1, 0.15) is 22.9 Å². The van der Waals surface area contributed by atoms with Crippen LogP contribution in [0, 0.1) is 0 Å². The molecule has 0 aliphatic rings. The highest BCUT2D eigenvalue weighted by molar-refractivity contribution is 7.93. The zero-order chi connectivity index (χ0) is 36.9. The molecule has 0 radical (unpaired) electrons. The smallest absolute Gasteiger partial charge is 0.261 e. The van der Waals surface area contributed by atoms with E-state index in [0.717, 1.165) is 0 Å². The number of sulfonamides is 2. The number of methoxy groups -OCH3 is 2. The summed E-state index contributed by atoms with van der Waals surface area (Å²) < 4.78 is 66.0. The molecule has 0 bridgehead atoms. The van der Waals surface area contributed by atoms with Crippen molar-refractivity contribution in [2.75, 3.05) is 34.3 Å². The summed E-state index contributed by atoms with van der Waals surface area (Å²) in [7, 11) is -4.72. The van der Waals surface area contributed by atoms with Crippen molar-refractivity contribution < 1.29 is 35.9 Å². The minimum atomic E-state index is -3.85. The van der Waals surface area contributed by atoms with Gasteiger partial charge >= 0.3 is 0 Å². The molecule has 6 aromatic rings. The molecule has 6 rings (SSSR count). The minimum absolute atomic E-state index is 0.0609. The standard InChI is InChI=1S/C34H28N6O8S4/c1-47-25-11-15-27(16-12-25)51(43,44)39-23-7-3-21(4-8-23)31(41)37-33-35-29(19-49-33)30-20-50-34(36-30)38-32(42)22-5-9-24(10-6-22)40-52(45,46)28-17-13-26(48-2)14-18-28/h3-20,39-40H,1-2H3,(H,35,37,41)(H,36,38,42). The Kier molecular flexibility index (Phi) is 10.5. The predicted molar refractivity (Wildman–Crippen MR) is 200 cm³/mol. The van der Waals surface area contributed by atoms with Gasteiger partial charge in [-0.05, 0) is 97.1 Å². The molecule has 0 aliphatic carbocycles. The van der Waals surface area contributed by atoms with Crippen LogP contribution >= 0.6 is 22.7 Å². The van der Waals surface area contributed by atoms with Crippen LogP contribution in [0.25, 0.3) is 11.4 Å². The van der Waals surface area contributed by atoms with Crippen molar-refractivity contribution in [1.82, 2.24) is 9.97 Å². The van der Waals surface area contributed by atoms with Crippen LogP contribution < -0.4 is 29.6 Å². The third-order valence-corrected chi connectivity index (χ3v) is 11.6. The maximum atomic E-state index is 12.9. The second-order valence-electron chi connectivity index (χ2n) is 10.7. The van der Waals surface area contributed by atoms with E-state index in [1.807, 2.05) is 0 Å². The normalized spacial score (nSPS) is 11.3. The number of ether oxygens (including phenoxy) is 2. The van der Waals surface area contributed by atoms with E-state index < -0.39 is 31.9 Å². The molecule has 0 atom stereocenters. The Balaban J connectivity index is 1.02. The van der Waals surface area contributed by atoms with Crippen LogP contribution in [0.1, 0.15) is 20.7 Å². The number of rotatable bonds is 13. The number of amides is 2. The van der Waals surface area contributed by atoms with Crippen LogP contribution in [0.2, 0.25) is 0 Å². The lowest BCUT2D eigenvalue weighted by Gasteiger charge is -2.09. The Morgan fingerprint density at radius 3 is 1.21 bits per heavy atom. The van der Waals surface area contributed by atoms with Gasteiger partial charge in [0.05, 0.1) is 24.0 Å². The lowest BCUT2D eigenvalue weighted by molar-refractivity contribution is 0.101. The van der Waals surface area contributed by atoms with E-state index in [2.05, 4.69) is 30.0 Å². The van der Waals surface area contributed by atoms with Crippen LogP contribution in [0.4, 0.5) is 21.6 Å². The summed E-state index contributed by atoms with van der Waals surface area (Å²) in [5, 5.41) is 9.48. The van der Waals surface area contributed by atoms with Crippen LogP contribution in [0.15, 0.2) is 118 Å². The molecule has 0 unspecified atom stereocenters. The third-order valence-electron chi connectivity index (χ3n) is 7.25. The van der Waals surface area contributed by atoms with Gasteiger partial charge in [0.15, 0.2) is 10.3 Å². The fraction of sp³-hybridized carbons (Fsp3) is 0.0588. The highest BCUT2D eigenvalue weighted by Gasteiger charge is 2.18. The van der Waals surface area contributed by atoms with Gasteiger partial charge in [0.2, 0.25) is 0 Å². The molecule has 0 spiro atoms. The highest BCUT2D eigenvalue weighted by atomic mass is 32.2. The van der Waals surface area contributed by atoms with Gasteiger partial charge in [-0.3, -0.25) is 29.7 Å². The number of aromatic nitrogens is 2. The maximum absolute atomic E-state index is 12.9. The van der Waals surface area contributed by atoms with E-state index in [1.54, 1.807) is 35.0 Å². The maximum Gasteiger partial charge on any atom is 0.261 e. The fourth-order valence-electron chi connectivity index (χ4n) is 4.55. The van der Waals surface area contributed by atoms with Crippen LogP contribution in [0.5, 0.6) is 11.5 Å². The number of anilines is 4. The molecular weight excluding hydrogens is 749 g/mol. The van der Waals surface area contributed by atoms with Crippen LogP contribution in [-0.4, -0.2) is 52.8 Å². The Morgan fingerprint density at radius 1 is 0.538 bits per heavy atom. The number of carbonyl (C=O) groups excluding carboxylic acids is 2. The average Bonchev–Trinajstić information content (AvgIpc) is 3.81. The summed E-state index contributed by atoms with van der Waals surface area (Å²) in [6.45, 7) is 0. The molecule has 4 aromatic carbocycles. The van der Waals surface area contributed by atoms with Gasteiger partial charge < -0.3 is 9.47 Å². The first-order valence-corrected chi connectivity index (χ1v) is 19.7. The van der Waals surface area contributed by atoms with E-state index >= 15 is 0 Å². The number of nitrogens with zero attached hydrogens (tertiary/aromatic N) is 2. The molecule has 266 valence electrons. The first-order valence-electron chi connectivity index (χ1n) is 15.0. The quantitative estimate of drug-likeness (QED) is 0.102. The number of hydrogen-bond donors (Lipinski definition) is 4. The van der Waals surface area contributed by atoms with E-state index in [1.165, 1.54) is 110 Å². The van der Waals surface area contributed by atoms with Crippen molar-refractivity contribution in [3.63, 3.8) is 0 Å². The Morgan fingerprint density at radius 2 is 0.885 bits per heavy atom. The molecule has 0 aliphatic heterocycles. The Labute approximate surface area is 306 Å². The molecule has 2 aromatic heterocycles. The Bertz CT molecular complexity index is 2260. The van der Waals surface area contributed by atoms with Gasteiger partial charge in [0.25, 0.3) is 31.9 Å². The van der Waals surface area contributed by atoms with Gasteiger partial charge in [0, 0.05) is 33.3 Å². The van der Waals surface area contributed by atoms with Crippen molar-refractivity contribution in [1.29, 1.82) is 0 Å². The number of benzene rings is 4. The van der Waals surface area contributed by atoms with E-state index in [9.17, 15) is 26.4 Å². The number of nitrogens with one attached hydrogen (secondary N) is 4. The zero-order valence-electron chi connectivity index (χ0n) is 27.2. The lowest BCUT2D eigenvalue weighted by Crippen LogP contribution is -2.14.